The third kappa shape index (κ3) is 4.27. The number of hydrogen-bond acceptors (Lipinski definition) is 5. The van der Waals surface area contributed by atoms with Crippen molar-refractivity contribution in [3.63, 3.8) is 0 Å². The predicted molar refractivity (Wildman–Crippen MR) is 124 cm³/mol. The number of hydrogen-bond donors (Lipinski definition) is 0. The fourth-order valence-corrected chi connectivity index (χ4v) is 3.69. The maximum atomic E-state index is 13.2. The molecule has 0 aliphatic rings. The van der Waals surface area contributed by atoms with Crippen LogP contribution < -0.4 is 0 Å². The quantitative estimate of drug-likeness (QED) is 0.405. The minimum atomic E-state index is -0.101. The van der Waals surface area contributed by atoms with Crippen LogP contribution in [-0.4, -0.2) is 47.8 Å². The average Bonchev–Trinajstić information content (AvgIpc) is 3.55. The van der Waals surface area contributed by atoms with Crippen molar-refractivity contribution in [2.24, 2.45) is 0 Å². The second-order valence-corrected chi connectivity index (χ2v) is 7.62. The Balaban J connectivity index is 1.45. The van der Waals surface area contributed by atoms with E-state index in [-0.39, 0.29) is 5.91 Å². The Hall–Kier alpha value is -4.59. The molecule has 3 aromatic carbocycles. The van der Waals surface area contributed by atoms with Crippen LogP contribution in [0.15, 0.2) is 97.5 Å². The normalized spacial score (nSPS) is 10.8. The number of para-hydroxylation sites is 1. The highest BCUT2D eigenvalue weighted by molar-refractivity contribution is 5.94. The molecule has 5 rings (SSSR count). The number of amides is 1. The van der Waals surface area contributed by atoms with Crippen LogP contribution >= 0.6 is 0 Å². The van der Waals surface area contributed by atoms with Crippen molar-refractivity contribution in [2.75, 3.05) is 7.05 Å². The molecule has 0 fully saturated rings. The van der Waals surface area contributed by atoms with Crippen molar-refractivity contribution in [3.05, 3.63) is 109 Å². The molecule has 1 amide bonds. The van der Waals surface area contributed by atoms with E-state index < -0.39 is 0 Å². The largest absolute Gasteiger partial charge is 0.337 e. The number of tetrazole rings is 1. The van der Waals surface area contributed by atoms with Crippen LogP contribution in [-0.2, 0) is 6.54 Å². The zero-order chi connectivity index (χ0) is 22.6. The third-order valence-electron chi connectivity index (χ3n) is 5.32. The molecule has 0 bridgehead atoms. The number of nitrogens with zero attached hydrogens (tertiary/aromatic N) is 7. The van der Waals surface area contributed by atoms with Crippen molar-refractivity contribution in [3.8, 4) is 22.6 Å². The molecule has 0 spiro atoms. The summed E-state index contributed by atoms with van der Waals surface area (Å²) < 4.78 is 3.38. The summed E-state index contributed by atoms with van der Waals surface area (Å²) in [6.07, 6.45) is 3.48. The van der Waals surface area contributed by atoms with Gasteiger partial charge in [-0.15, -0.1) is 5.10 Å². The van der Waals surface area contributed by atoms with Crippen molar-refractivity contribution in [2.45, 2.75) is 6.54 Å². The van der Waals surface area contributed by atoms with Gasteiger partial charge in [-0.1, -0.05) is 54.6 Å². The molecule has 2 heterocycles. The van der Waals surface area contributed by atoms with Crippen molar-refractivity contribution >= 4 is 5.91 Å². The van der Waals surface area contributed by atoms with Gasteiger partial charge in [-0.05, 0) is 40.8 Å². The molecule has 5 aromatic rings. The van der Waals surface area contributed by atoms with Gasteiger partial charge in [-0.2, -0.15) is 5.10 Å². The van der Waals surface area contributed by atoms with Gasteiger partial charge in [0.25, 0.3) is 5.91 Å². The Labute approximate surface area is 190 Å². The van der Waals surface area contributed by atoms with Gasteiger partial charge < -0.3 is 4.90 Å². The van der Waals surface area contributed by atoms with E-state index in [9.17, 15) is 4.79 Å². The Morgan fingerprint density at radius 2 is 1.61 bits per heavy atom. The molecule has 33 heavy (non-hydrogen) atoms. The van der Waals surface area contributed by atoms with E-state index in [4.69, 9.17) is 5.10 Å². The van der Waals surface area contributed by atoms with Crippen molar-refractivity contribution in [1.82, 2.24) is 34.9 Å². The van der Waals surface area contributed by atoms with Crippen LogP contribution in [0.4, 0.5) is 0 Å². The topological polar surface area (TPSA) is 81.7 Å². The molecule has 0 N–H and O–H groups in total. The van der Waals surface area contributed by atoms with Gasteiger partial charge in [0.05, 0.1) is 17.1 Å². The molecule has 2 aromatic heterocycles. The molecule has 8 nitrogen and oxygen atoms in total. The highest BCUT2D eigenvalue weighted by Crippen LogP contribution is 2.25. The first-order valence-electron chi connectivity index (χ1n) is 10.5. The fourth-order valence-electron chi connectivity index (χ4n) is 3.69. The second kappa shape index (κ2) is 8.88. The van der Waals surface area contributed by atoms with Gasteiger partial charge in [0.1, 0.15) is 6.33 Å². The van der Waals surface area contributed by atoms with E-state index >= 15 is 0 Å². The molecule has 0 aliphatic heterocycles. The molecule has 0 saturated heterocycles. The first kappa shape index (κ1) is 20.3. The second-order valence-electron chi connectivity index (χ2n) is 7.62. The number of carbonyl (C=O) groups is 1. The zero-order valence-corrected chi connectivity index (χ0v) is 18.0. The van der Waals surface area contributed by atoms with Gasteiger partial charge in [0.2, 0.25) is 0 Å². The highest BCUT2D eigenvalue weighted by atomic mass is 16.2. The summed E-state index contributed by atoms with van der Waals surface area (Å²) in [6, 6.07) is 27.2. The lowest BCUT2D eigenvalue weighted by Gasteiger charge is -2.17. The molecular weight excluding hydrogens is 414 g/mol. The van der Waals surface area contributed by atoms with E-state index in [0.29, 0.717) is 12.1 Å². The van der Waals surface area contributed by atoms with E-state index in [1.54, 1.807) is 24.1 Å². The van der Waals surface area contributed by atoms with E-state index in [2.05, 4.69) is 15.5 Å². The maximum absolute atomic E-state index is 13.2. The van der Waals surface area contributed by atoms with E-state index in [1.807, 2.05) is 83.7 Å². The average molecular weight is 435 g/mol. The van der Waals surface area contributed by atoms with Crippen LogP contribution in [0.3, 0.4) is 0 Å². The first-order valence-corrected chi connectivity index (χ1v) is 10.5. The van der Waals surface area contributed by atoms with E-state index in [1.165, 1.54) is 11.0 Å². The smallest absolute Gasteiger partial charge is 0.253 e. The van der Waals surface area contributed by atoms with Crippen molar-refractivity contribution in [1.29, 1.82) is 0 Å². The molecule has 162 valence electrons. The lowest BCUT2D eigenvalue weighted by molar-refractivity contribution is 0.0785. The summed E-state index contributed by atoms with van der Waals surface area (Å²) in [4.78, 5) is 14.9. The Morgan fingerprint density at radius 3 is 2.33 bits per heavy atom. The molecule has 0 saturated carbocycles. The monoisotopic (exact) mass is 435 g/mol. The molecule has 0 radical (unpaired) electrons. The molecule has 0 aliphatic carbocycles. The zero-order valence-electron chi connectivity index (χ0n) is 18.0. The Bertz CT molecular complexity index is 1360. The van der Waals surface area contributed by atoms with Crippen molar-refractivity contribution < 1.29 is 4.79 Å². The summed E-state index contributed by atoms with van der Waals surface area (Å²) >= 11 is 0. The van der Waals surface area contributed by atoms with Crippen LogP contribution in [0, 0.1) is 0 Å². The third-order valence-corrected chi connectivity index (χ3v) is 5.32. The standard InChI is InChI=1S/C25H21N7O/c1-30(25(33)20-11-8-14-23(15-20)32-18-26-28-29-32)16-21-17-31(22-12-6-3-7-13-22)27-24(21)19-9-4-2-5-10-19/h2-15,17-18H,16H2,1H3. The number of carbonyl (C=O) groups excluding carboxylic acids is 1. The van der Waals surface area contributed by atoms with Crippen LogP contribution in [0.25, 0.3) is 22.6 Å². The lowest BCUT2D eigenvalue weighted by atomic mass is 10.1. The number of rotatable bonds is 6. The van der Waals surface area contributed by atoms with Gasteiger partial charge in [0.15, 0.2) is 0 Å². The summed E-state index contributed by atoms with van der Waals surface area (Å²) in [5.41, 5.74) is 5.05. The Kier molecular flexibility index (Phi) is 5.47. The molecule has 0 atom stereocenters. The summed E-state index contributed by atoms with van der Waals surface area (Å²) in [6.45, 7) is 0.408. The SMILES string of the molecule is CN(Cc1cn(-c2ccccc2)nc1-c1ccccc1)C(=O)c1cccc(-n2cnnn2)c1. The maximum Gasteiger partial charge on any atom is 0.253 e. The number of aromatic nitrogens is 6. The van der Waals surface area contributed by atoms with E-state index in [0.717, 1.165) is 28.2 Å². The molecule has 8 heteroatoms. The summed E-state index contributed by atoms with van der Waals surface area (Å²) in [5, 5.41) is 16.0. The van der Waals surface area contributed by atoms with Crippen LogP contribution in [0.1, 0.15) is 15.9 Å². The van der Waals surface area contributed by atoms with Gasteiger partial charge in [-0.3, -0.25) is 4.79 Å². The van der Waals surface area contributed by atoms with Gasteiger partial charge in [-0.25, -0.2) is 9.36 Å². The van der Waals surface area contributed by atoms with Gasteiger partial charge in [0, 0.05) is 36.5 Å². The Morgan fingerprint density at radius 1 is 0.879 bits per heavy atom. The van der Waals surface area contributed by atoms with Crippen LogP contribution in [0.5, 0.6) is 0 Å². The minimum absolute atomic E-state index is 0.101. The lowest BCUT2D eigenvalue weighted by Crippen LogP contribution is -2.26. The molecular formula is C25H21N7O. The van der Waals surface area contributed by atoms with Gasteiger partial charge >= 0.3 is 0 Å². The highest BCUT2D eigenvalue weighted by Gasteiger charge is 2.18. The summed E-state index contributed by atoms with van der Waals surface area (Å²) in [5.74, 6) is -0.101. The first-order chi connectivity index (χ1) is 16.2. The fraction of sp³-hybridized carbons (Fsp3) is 0.0800. The minimum Gasteiger partial charge on any atom is -0.337 e. The van der Waals surface area contributed by atoms with Crippen LogP contribution in [0.2, 0.25) is 0 Å². The predicted octanol–water partition coefficient (Wildman–Crippen LogP) is 3.79. The summed E-state index contributed by atoms with van der Waals surface area (Å²) in [7, 11) is 1.79. The number of benzene rings is 3. The molecule has 0 unspecified atom stereocenters.